The number of carbonyl (C=O) groups is 1. The molecule has 0 spiro atoms. The molecule has 5 nitrogen and oxygen atoms in total. The fraction of sp³-hybridized carbons (Fsp3) is 0.100. The van der Waals surface area contributed by atoms with Gasteiger partial charge in [-0.3, -0.25) is 4.72 Å². The largest absolute Gasteiger partial charge is 0.477 e. The minimum Gasteiger partial charge on any atom is -0.477 e. The summed E-state index contributed by atoms with van der Waals surface area (Å²) in [4.78, 5) is 10.8. The molecule has 0 radical (unpaired) electrons. The summed E-state index contributed by atoms with van der Waals surface area (Å²) in [7, 11) is -3.59. The van der Waals surface area contributed by atoms with E-state index in [0.29, 0.717) is 5.56 Å². The highest BCUT2D eigenvalue weighted by atomic mass is 32.2. The zero-order valence-electron chi connectivity index (χ0n) is 8.54. The minimum absolute atomic E-state index is 0.381. The van der Waals surface area contributed by atoms with Gasteiger partial charge in [0.1, 0.15) is 5.70 Å². The van der Waals surface area contributed by atoms with Crippen molar-refractivity contribution in [2.45, 2.75) is 0 Å². The van der Waals surface area contributed by atoms with Crippen LogP contribution in [0.1, 0.15) is 5.56 Å². The van der Waals surface area contributed by atoms with E-state index < -0.39 is 16.0 Å². The molecule has 0 aliphatic heterocycles. The van der Waals surface area contributed by atoms with Gasteiger partial charge in [0.2, 0.25) is 10.0 Å². The highest BCUT2D eigenvalue weighted by molar-refractivity contribution is 7.88. The highest BCUT2D eigenvalue weighted by Gasteiger charge is 2.11. The first-order chi connectivity index (χ1) is 7.38. The molecule has 1 aromatic rings. The lowest BCUT2D eigenvalue weighted by molar-refractivity contribution is -0.132. The lowest BCUT2D eigenvalue weighted by atomic mass is 10.2. The van der Waals surface area contributed by atoms with Crippen molar-refractivity contribution >= 4 is 22.1 Å². The number of aliphatic carboxylic acids is 1. The summed E-state index contributed by atoms with van der Waals surface area (Å²) in [6.07, 6.45) is 2.15. The Morgan fingerprint density at radius 2 is 1.88 bits per heavy atom. The van der Waals surface area contributed by atoms with Crippen molar-refractivity contribution in [2.75, 3.05) is 6.26 Å². The Hall–Kier alpha value is -1.82. The summed E-state index contributed by atoms with van der Waals surface area (Å²) >= 11 is 0. The quantitative estimate of drug-likeness (QED) is 0.758. The molecule has 0 saturated heterocycles. The number of rotatable bonds is 4. The Balaban J connectivity index is 3.04. The van der Waals surface area contributed by atoms with E-state index in [1.165, 1.54) is 6.08 Å². The van der Waals surface area contributed by atoms with Gasteiger partial charge in [0.25, 0.3) is 0 Å². The molecular weight excluding hydrogens is 230 g/mol. The van der Waals surface area contributed by atoms with Crippen LogP contribution in [0.5, 0.6) is 0 Å². The Morgan fingerprint density at radius 1 is 1.31 bits per heavy atom. The van der Waals surface area contributed by atoms with Crippen molar-refractivity contribution in [3.8, 4) is 0 Å². The van der Waals surface area contributed by atoms with Crippen LogP contribution >= 0.6 is 0 Å². The minimum atomic E-state index is -3.59. The van der Waals surface area contributed by atoms with Crippen molar-refractivity contribution < 1.29 is 18.3 Å². The second-order valence-electron chi connectivity index (χ2n) is 3.15. The highest BCUT2D eigenvalue weighted by Crippen LogP contribution is 2.05. The number of nitrogens with one attached hydrogen (secondary N) is 1. The van der Waals surface area contributed by atoms with Gasteiger partial charge in [0.15, 0.2) is 0 Å². The van der Waals surface area contributed by atoms with Crippen LogP contribution in [0.4, 0.5) is 0 Å². The molecule has 0 aliphatic carbocycles. The summed E-state index contributed by atoms with van der Waals surface area (Å²) in [5.74, 6) is -1.32. The molecule has 0 aliphatic rings. The number of hydrogen-bond acceptors (Lipinski definition) is 3. The molecule has 6 heteroatoms. The summed E-state index contributed by atoms with van der Waals surface area (Å²) < 4.78 is 23.8. The predicted molar refractivity (Wildman–Crippen MR) is 60.0 cm³/mol. The predicted octanol–water partition coefficient (Wildman–Crippen LogP) is 0.661. The maximum Gasteiger partial charge on any atom is 0.352 e. The van der Waals surface area contributed by atoms with Gasteiger partial charge in [-0.15, -0.1) is 0 Å². The van der Waals surface area contributed by atoms with Gasteiger partial charge in [-0.25, -0.2) is 13.2 Å². The van der Waals surface area contributed by atoms with E-state index in [-0.39, 0.29) is 5.70 Å². The van der Waals surface area contributed by atoms with E-state index in [9.17, 15) is 13.2 Å². The van der Waals surface area contributed by atoms with Crippen LogP contribution in [-0.4, -0.2) is 25.7 Å². The van der Waals surface area contributed by atoms with Gasteiger partial charge in [-0.1, -0.05) is 30.3 Å². The Bertz CT molecular complexity index is 505. The van der Waals surface area contributed by atoms with Crippen molar-refractivity contribution in [2.24, 2.45) is 0 Å². The van der Waals surface area contributed by atoms with E-state index >= 15 is 0 Å². The van der Waals surface area contributed by atoms with Gasteiger partial charge >= 0.3 is 5.97 Å². The van der Waals surface area contributed by atoms with E-state index in [2.05, 4.69) is 0 Å². The van der Waals surface area contributed by atoms with Crippen molar-refractivity contribution in [1.82, 2.24) is 4.72 Å². The number of carboxylic acids is 1. The maximum atomic E-state index is 10.9. The van der Waals surface area contributed by atoms with Gasteiger partial charge in [0.05, 0.1) is 6.26 Å². The molecular formula is C10H11NO4S. The van der Waals surface area contributed by atoms with E-state index in [1.54, 1.807) is 30.3 Å². The van der Waals surface area contributed by atoms with Crippen LogP contribution < -0.4 is 4.72 Å². The fourth-order valence-electron chi connectivity index (χ4n) is 1.05. The third-order valence-corrected chi connectivity index (χ3v) is 2.23. The molecule has 86 valence electrons. The number of hydrogen-bond donors (Lipinski definition) is 2. The first kappa shape index (κ1) is 12.3. The lowest BCUT2D eigenvalue weighted by Crippen LogP contribution is -2.26. The molecule has 1 aromatic carbocycles. The van der Waals surface area contributed by atoms with Gasteiger partial charge in [-0.2, -0.15) is 0 Å². The van der Waals surface area contributed by atoms with Crippen LogP contribution in [0.2, 0.25) is 0 Å². The molecule has 0 saturated carbocycles. The second-order valence-corrected chi connectivity index (χ2v) is 4.90. The zero-order chi connectivity index (χ0) is 12.2. The van der Waals surface area contributed by atoms with Crippen LogP contribution in [0, 0.1) is 0 Å². The first-order valence-electron chi connectivity index (χ1n) is 4.36. The molecule has 0 bridgehead atoms. The third-order valence-electron chi connectivity index (χ3n) is 1.64. The summed E-state index contributed by atoms with van der Waals surface area (Å²) in [5.41, 5.74) is 0.227. The number of carboxylic acid groups (broad SMARTS) is 1. The fourth-order valence-corrected chi connectivity index (χ4v) is 1.60. The Morgan fingerprint density at radius 3 is 2.31 bits per heavy atom. The average Bonchev–Trinajstić information content (AvgIpc) is 2.16. The normalized spacial score (nSPS) is 12.2. The first-order valence-corrected chi connectivity index (χ1v) is 6.25. The second kappa shape index (κ2) is 4.80. The van der Waals surface area contributed by atoms with Crippen molar-refractivity contribution in [3.63, 3.8) is 0 Å². The van der Waals surface area contributed by atoms with Crippen molar-refractivity contribution in [1.29, 1.82) is 0 Å². The maximum absolute atomic E-state index is 10.9. The molecule has 16 heavy (non-hydrogen) atoms. The summed E-state index contributed by atoms with van der Waals surface area (Å²) in [6, 6.07) is 8.58. The van der Waals surface area contributed by atoms with Gasteiger partial charge in [-0.05, 0) is 11.6 Å². The van der Waals surface area contributed by atoms with Crippen LogP contribution in [0.25, 0.3) is 6.08 Å². The van der Waals surface area contributed by atoms with Crippen LogP contribution in [-0.2, 0) is 14.8 Å². The monoisotopic (exact) mass is 241 g/mol. The molecule has 0 unspecified atom stereocenters. The van der Waals surface area contributed by atoms with Crippen LogP contribution in [0.3, 0.4) is 0 Å². The molecule has 0 amide bonds. The van der Waals surface area contributed by atoms with E-state index in [4.69, 9.17) is 5.11 Å². The third kappa shape index (κ3) is 4.14. The van der Waals surface area contributed by atoms with Gasteiger partial charge in [0, 0.05) is 0 Å². The number of sulfonamides is 1. The molecule has 2 N–H and O–H groups in total. The molecule has 0 atom stereocenters. The summed E-state index contributed by atoms with van der Waals surface area (Å²) in [6.45, 7) is 0. The van der Waals surface area contributed by atoms with Gasteiger partial charge < -0.3 is 5.11 Å². The lowest BCUT2D eigenvalue weighted by Gasteiger charge is -2.04. The molecule has 0 heterocycles. The molecule has 0 fully saturated rings. The smallest absolute Gasteiger partial charge is 0.352 e. The van der Waals surface area contributed by atoms with E-state index in [0.717, 1.165) is 6.26 Å². The number of benzene rings is 1. The average molecular weight is 241 g/mol. The van der Waals surface area contributed by atoms with E-state index in [1.807, 2.05) is 4.72 Å². The van der Waals surface area contributed by atoms with Crippen LogP contribution in [0.15, 0.2) is 36.0 Å². The van der Waals surface area contributed by atoms with Crippen molar-refractivity contribution in [3.05, 3.63) is 41.6 Å². The molecule has 1 rings (SSSR count). The Kier molecular flexibility index (Phi) is 3.68. The topological polar surface area (TPSA) is 83.5 Å². The standard InChI is InChI=1S/C10H11NO4S/c1-16(14,15)11-9(10(12)13)7-8-5-3-2-4-6-8/h2-7,11H,1H3,(H,12,13). The SMILES string of the molecule is CS(=O)(=O)NC(=Cc1ccccc1)C(=O)O. The zero-order valence-corrected chi connectivity index (χ0v) is 9.36. The summed E-state index contributed by atoms with van der Waals surface area (Å²) in [5, 5.41) is 8.80. The molecule has 0 aromatic heterocycles. The Labute approximate surface area is 93.5 Å².